The second-order valence-corrected chi connectivity index (χ2v) is 12.0. The summed E-state index contributed by atoms with van der Waals surface area (Å²) in [6.45, 7) is 7.42. The van der Waals surface area contributed by atoms with Crippen LogP contribution in [0.15, 0.2) is 61.2 Å². The van der Waals surface area contributed by atoms with Gasteiger partial charge in [0.25, 0.3) is 0 Å². The van der Waals surface area contributed by atoms with Crippen molar-refractivity contribution < 1.29 is 4.74 Å². The molecule has 4 rings (SSSR count). The van der Waals surface area contributed by atoms with Gasteiger partial charge in [-0.2, -0.15) is 0 Å². The predicted molar refractivity (Wildman–Crippen MR) is 155 cm³/mol. The van der Waals surface area contributed by atoms with E-state index in [-0.39, 0.29) is 0 Å². The molecule has 0 unspecified atom stereocenters. The third-order valence-corrected chi connectivity index (χ3v) is 9.60. The van der Waals surface area contributed by atoms with E-state index >= 15 is 0 Å². The van der Waals surface area contributed by atoms with Gasteiger partial charge in [-0.1, -0.05) is 54.6 Å². The van der Waals surface area contributed by atoms with Crippen LogP contribution in [0.3, 0.4) is 0 Å². The lowest BCUT2D eigenvalue weighted by Crippen LogP contribution is -2.25. The molecule has 0 amide bonds. The van der Waals surface area contributed by atoms with Gasteiger partial charge in [-0.25, -0.2) is 0 Å². The largest absolute Gasteiger partial charge is 0.377 e. The Labute approximate surface area is 222 Å². The molecule has 3 aliphatic carbocycles. The van der Waals surface area contributed by atoms with Crippen LogP contribution in [0.25, 0.3) is 0 Å². The monoisotopic (exact) mass is 488 g/mol. The Morgan fingerprint density at radius 2 is 1.22 bits per heavy atom. The van der Waals surface area contributed by atoms with Crippen LogP contribution in [0.4, 0.5) is 0 Å². The molecule has 1 heteroatoms. The third-order valence-electron chi connectivity index (χ3n) is 9.60. The zero-order valence-corrected chi connectivity index (χ0v) is 23.1. The quantitative estimate of drug-likeness (QED) is 0.222. The zero-order valence-electron chi connectivity index (χ0n) is 23.1. The highest BCUT2D eigenvalue weighted by Crippen LogP contribution is 2.44. The fourth-order valence-corrected chi connectivity index (χ4v) is 7.19. The molecule has 0 aromatic heterocycles. The van der Waals surface area contributed by atoms with E-state index in [4.69, 9.17) is 4.74 Å². The topological polar surface area (TPSA) is 9.23 Å². The lowest BCUT2D eigenvalue weighted by atomic mass is 9.68. The molecule has 3 aliphatic rings. The van der Waals surface area contributed by atoms with Crippen molar-refractivity contribution in [2.24, 2.45) is 29.6 Å². The van der Waals surface area contributed by atoms with Crippen LogP contribution in [-0.2, 0) is 11.3 Å². The van der Waals surface area contributed by atoms with Crippen molar-refractivity contribution in [3.8, 4) is 0 Å². The highest BCUT2D eigenvalue weighted by atomic mass is 16.5. The summed E-state index contributed by atoms with van der Waals surface area (Å²) in [7, 11) is 0. The number of unbranched alkanes of at least 4 members (excludes halogenated alkanes) is 1. The average Bonchev–Trinajstić information content (AvgIpc) is 2.94. The first-order valence-corrected chi connectivity index (χ1v) is 15.4. The van der Waals surface area contributed by atoms with Gasteiger partial charge in [0, 0.05) is 6.61 Å². The summed E-state index contributed by atoms with van der Waals surface area (Å²) in [5, 5.41) is 0. The van der Waals surface area contributed by atoms with Crippen LogP contribution >= 0.6 is 0 Å². The fraction of sp³-hybridized carbons (Fsp3) is 0.657. The Kier molecular flexibility index (Phi) is 11.4. The normalized spacial score (nSPS) is 31.7. The molecule has 0 atom stereocenters. The van der Waals surface area contributed by atoms with Crippen molar-refractivity contribution in [3.05, 3.63) is 72.4 Å². The highest BCUT2D eigenvalue weighted by Gasteiger charge is 2.31. The third kappa shape index (κ3) is 8.47. The molecule has 198 valence electrons. The molecule has 0 radical (unpaired) electrons. The molecule has 0 N–H and O–H groups in total. The van der Waals surface area contributed by atoms with Crippen LogP contribution in [0.1, 0.15) is 114 Å². The van der Waals surface area contributed by atoms with Gasteiger partial charge in [-0.3, -0.25) is 0 Å². The van der Waals surface area contributed by atoms with Crippen LogP contribution in [0.5, 0.6) is 0 Å². The van der Waals surface area contributed by atoms with Crippen LogP contribution in [0, 0.1) is 29.6 Å². The summed E-state index contributed by atoms with van der Waals surface area (Å²) < 4.78 is 5.55. The molecule has 0 saturated heterocycles. The van der Waals surface area contributed by atoms with Gasteiger partial charge in [0.05, 0.1) is 6.61 Å². The van der Waals surface area contributed by atoms with E-state index in [1.165, 1.54) is 82.6 Å². The first-order valence-electron chi connectivity index (χ1n) is 15.4. The number of hydrogen-bond acceptors (Lipinski definition) is 1. The van der Waals surface area contributed by atoms with Gasteiger partial charge in [0.2, 0.25) is 0 Å². The standard InChI is InChI=1S/C35H52O/c1-3-5-6-7-8-28-9-11-29(12-10-28)13-14-30-15-19-32(20-16-30)34-23-25-35(26-24-34)33-21-17-31(18-22-33)27-36-4-2/h3,7-8,13-14,17-18,21-22,28-30,32,34-35H,1,4-6,9-12,15-16,19-20,23-27H2,2H3/b8-7+,14-13+. The molecule has 3 saturated carbocycles. The van der Waals surface area contributed by atoms with E-state index in [9.17, 15) is 0 Å². The molecule has 1 aromatic carbocycles. The van der Waals surface area contributed by atoms with Crippen molar-refractivity contribution in [2.75, 3.05) is 6.61 Å². The first-order chi connectivity index (χ1) is 17.7. The summed E-state index contributed by atoms with van der Waals surface area (Å²) in [5.41, 5.74) is 2.86. The number of benzene rings is 1. The van der Waals surface area contributed by atoms with Gasteiger partial charge in [0.15, 0.2) is 0 Å². The van der Waals surface area contributed by atoms with Gasteiger partial charge in [0.1, 0.15) is 0 Å². The van der Waals surface area contributed by atoms with E-state index in [0.717, 1.165) is 61.6 Å². The maximum Gasteiger partial charge on any atom is 0.0716 e. The Morgan fingerprint density at radius 1 is 0.694 bits per heavy atom. The zero-order chi connectivity index (χ0) is 25.0. The minimum atomic E-state index is 0.747. The number of rotatable bonds is 11. The Morgan fingerprint density at radius 3 is 1.78 bits per heavy atom. The van der Waals surface area contributed by atoms with Crippen molar-refractivity contribution in [1.82, 2.24) is 0 Å². The molecule has 0 heterocycles. The molecular formula is C35H52O. The number of ether oxygens (including phenoxy) is 1. The minimum absolute atomic E-state index is 0.747. The van der Waals surface area contributed by atoms with Crippen molar-refractivity contribution in [1.29, 1.82) is 0 Å². The number of allylic oxidation sites excluding steroid dienone is 5. The van der Waals surface area contributed by atoms with Gasteiger partial charge < -0.3 is 4.74 Å². The molecule has 0 spiro atoms. The lowest BCUT2D eigenvalue weighted by Gasteiger charge is -2.37. The van der Waals surface area contributed by atoms with E-state index in [1.54, 1.807) is 5.56 Å². The number of hydrogen-bond donors (Lipinski definition) is 0. The molecule has 36 heavy (non-hydrogen) atoms. The Bertz CT molecular complexity index is 794. The summed E-state index contributed by atoms with van der Waals surface area (Å²) in [6, 6.07) is 9.29. The summed E-state index contributed by atoms with van der Waals surface area (Å²) in [4.78, 5) is 0. The molecule has 1 aromatic rings. The Balaban J connectivity index is 1.12. The lowest BCUT2D eigenvalue weighted by molar-refractivity contribution is 0.134. The minimum Gasteiger partial charge on any atom is -0.377 e. The first kappa shape index (κ1) is 27.4. The van der Waals surface area contributed by atoms with Gasteiger partial charge >= 0.3 is 0 Å². The van der Waals surface area contributed by atoms with Gasteiger partial charge in [-0.15, -0.1) is 6.58 Å². The Hall–Kier alpha value is -1.60. The highest BCUT2D eigenvalue weighted by molar-refractivity contribution is 5.25. The summed E-state index contributed by atoms with van der Waals surface area (Å²) in [6.07, 6.45) is 31.4. The smallest absolute Gasteiger partial charge is 0.0716 e. The predicted octanol–water partition coefficient (Wildman–Crippen LogP) is 10.2. The molecule has 0 bridgehead atoms. The van der Waals surface area contributed by atoms with Crippen LogP contribution in [-0.4, -0.2) is 6.61 Å². The van der Waals surface area contributed by atoms with Crippen molar-refractivity contribution in [2.45, 2.75) is 109 Å². The average molecular weight is 489 g/mol. The SMILES string of the molecule is C=CCC/C=C/C1CCC(/C=C/C2CCC(C3CCC(c4ccc(COCC)cc4)CC3)CC2)CC1. The molecule has 0 aliphatic heterocycles. The van der Waals surface area contributed by atoms with Crippen LogP contribution in [0.2, 0.25) is 0 Å². The van der Waals surface area contributed by atoms with E-state index in [0.29, 0.717) is 0 Å². The van der Waals surface area contributed by atoms with E-state index in [2.05, 4.69) is 62.1 Å². The maximum absolute atomic E-state index is 5.55. The van der Waals surface area contributed by atoms with Crippen molar-refractivity contribution >= 4 is 0 Å². The van der Waals surface area contributed by atoms with E-state index < -0.39 is 0 Å². The molecule has 3 fully saturated rings. The van der Waals surface area contributed by atoms with E-state index in [1.807, 2.05) is 6.08 Å². The summed E-state index contributed by atoms with van der Waals surface area (Å²) >= 11 is 0. The fourth-order valence-electron chi connectivity index (χ4n) is 7.19. The maximum atomic E-state index is 5.55. The van der Waals surface area contributed by atoms with Crippen LogP contribution < -0.4 is 0 Å². The second kappa shape index (κ2) is 15.0. The molecular weight excluding hydrogens is 436 g/mol. The second-order valence-electron chi connectivity index (χ2n) is 12.0. The summed E-state index contributed by atoms with van der Waals surface area (Å²) in [5.74, 6) is 5.27. The van der Waals surface area contributed by atoms with Crippen molar-refractivity contribution in [3.63, 3.8) is 0 Å². The van der Waals surface area contributed by atoms with Gasteiger partial charge in [-0.05, 0) is 143 Å². The molecule has 1 nitrogen and oxygen atoms in total.